The second kappa shape index (κ2) is 10.0. The van der Waals surface area contributed by atoms with Crippen LogP contribution in [0.4, 0.5) is 5.69 Å². The van der Waals surface area contributed by atoms with E-state index in [0.717, 1.165) is 17.2 Å². The van der Waals surface area contributed by atoms with Crippen molar-refractivity contribution in [2.24, 2.45) is 0 Å². The third-order valence-electron chi connectivity index (χ3n) is 4.76. The summed E-state index contributed by atoms with van der Waals surface area (Å²) in [5.41, 5.74) is 2.67. The van der Waals surface area contributed by atoms with Gasteiger partial charge in [-0.1, -0.05) is 12.1 Å². The molecule has 11 heteroatoms. The van der Waals surface area contributed by atoms with E-state index >= 15 is 0 Å². The molecular weight excluding hydrogens is 458 g/mol. The molecule has 0 radical (unpaired) electrons. The Kier molecular flexibility index (Phi) is 6.74. The van der Waals surface area contributed by atoms with Gasteiger partial charge in [-0.2, -0.15) is 4.98 Å². The zero-order valence-corrected chi connectivity index (χ0v) is 18.8. The number of carbonyl (C=O) groups is 1. The van der Waals surface area contributed by atoms with E-state index in [1.807, 2.05) is 24.3 Å². The van der Waals surface area contributed by atoms with Crippen molar-refractivity contribution in [2.75, 3.05) is 6.61 Å². The molecule has 0 spiro atoms. The molecule has 172 valence electrons. The Hall–Kier alpha value is -4.38. The lowest BCUT2D eigenvalue weighted by Gasteiger charge is -2.10. The fraction of sp³-hybridized carbons (Fsp3) is 0.130. The van der Waals surface area contributed by atoms with Gasteiger partial charge in [0.1, 0.15) is 0 Å². The molecule has 2 aromatic carbocycles. The first-order valence-electron chi connectivity index (χ1n) is 10.3. The average molecular weight is 478 g/mol. The predicted molar refractivity (Wildman–Crippen MR) is 128 cm³/mol. The summed E-state index contributed by atoms with van der Waals surface area (Å²) in [7, 11) is 0. The lowest BCUT2D eigenvalue weighted by Crippen LogP contribution is -2.38. The number of oxazole rings is 1. The number of thiocarbonyl (C=S) groups is 1. The summed E-state index contributed by atoms with van der Waals surface area (Å²) in [6.07, 6.45) is 1.65. The predicted octanol–water partition coefficient (Wildman–Crippen LogP) is 4.00. The highest BCUT2D eigenvalue weighted by Gasteiger charge is 2.19. The van der Waals surface area contributed by atoms with Crippen molar-refractivity contribution in [1.29, 1.82) is 0 Å². The van der Waals surface area contributed by atoms with Crippen molar-refractivity contribution in [3.8, 4) is 17.2 Å². The van der Waals surface area contributed by atoms with Crippen molar-refractivity contribution in [3.63, 3.8) is 0 Å². The molecule has 2 heterocycles. The van der Waals surface area contributed by atoms with Crippen molar-refractivity contribution < 1.29 is 18.9 Å². The minimum absolute atomic E-state index is 0.0932. The summed E-state index contributed by atoms with van der Waals surface area (Å²) in [4.78, 5) is 31.7. The molecule has 0 unspecified atom stereocenters. The number of rotatable bonds is 7. The zero-order valence-electron chi connectivity index (χ0n) is 18.0. The first kappa shape index (κ1) is 22.8. The number of amides is 1. The number of hydrogen-bond acceptors (Lipinski definition) is 8. The molecule has 2 N–H and O–H groups in total. The number of carbonyl (C=O) groups excluding carboxylic acids is 1. The third kappa shape index (κ3) is 5.15. The van der Waals surface area contributed by atoms with Crippen LogP contribution in [0, 0.1) is 10.1 Å². The molecule has 0 aliphatic carbocycles. The van der Waals surface area contributed by atoms with Crippen LogP contribution in [0.25, 0.3) is 22.7 Å². The maximum absolute atomic E-state index is 12.5. The number of nitrogens with one attached hydrogen (secondary N) is 2. The second-order valence-corrected chi connectivity index (χ2v) is 7.46. The van der Waals surface area contributed by atoms with Crippen molar-refractivity contribution in [1.82, 2.24) is 20.6 Å². The van der Waals surface area contributed by atoms with Crippen LogP contribution in [0.1, 0.15) is 22.8 Å². The Labute approximate surface area is 199 Å². The van der Waals surface area contributed by atoms with Crippen LogP contribution in [0.5, 0.6) is 5.75 Å². The Balaban J connectivity index is 1.35. The molecule has 4 rings (SSSR count). The van der Waals surface area contributed by atoms with E-state index in [1.54, 1.807) is 25.3 Å². The van der Waals surface area contributed by atoms with Gasteiger partial charge < -0.3 is 14.5 Å². The molecule has 4 aromatic rings. The Morgan fingerprint density at radius 2 is 2.00 bits per heavy atom. The quantitative estimate of drug-likeness (QED) is 0.230. The molecule has 0 aliphatic rings. The Morgan fingerprint density at radius 1 is 1.21 bits per heavy atom. The molecule has 0 saturated heterocycles. The second-order valence-electron chi connectivity index (χ2n) is 7.05. The van der Waals surface area contributed by atoms with E-state index in [9.17, 15) is 14.9 Å². The standard InChI is InChI=1S/C23H19N5O5S/c1-2-32-18-10-9-16(12-17(18)28(30)31)21(29)27-23(34)25-13-14-5-7-15(8-6-14)22-26-20-19(33-22)4-3-11-24-20/h3-12H,2,13H2,1H3,(H2,25,27,29,34). The monoisotopic (exact) mass is 477 g/mol. The highest BCUT2D eigenvalue weighted by molar-refractivity contribution is 7.80. The number of nitrogens with zero attached hydrogens (tertiary/aromatic N) is 3. The van der Waals surface area contributed by atoms with Gasteiger partial charge >= 0.3 is 5.69 Å². The summed E-state index contributed by atoms with van der Waals surface area (Å²) >= 11 is 5.19. The topological polar surface area (TPSA) is 132 Å². The van der Waals surface area contributed by atoms with Gasteiger partial charge in [0.05, 0.1) is 11.5 Å². The van der Waals surface area contributed by atoms with Crippen LogP contribution < -0.4 is 15.4 Å². The summed E-state index contributed by atoms with van der Waals surface area (Å²) in [5, 5.41) is 16.8. The number of aromatic nitrogens is 2. The first-order valence-corrected chi connectivity index (χ1v) is 10.7. The fourth-order valence-corrected chi connectivity index (χ4v) is 3.30. The van der Waals surface area contributed by atoms with Crippen LogP contribution in [0.15, 0.2) is 65.2 Å². The molecule has 0 aliphatic heterocycles. The normalized spacial score (nSPS) is 10.6. The molecule has 2 aromatic heterocycles. The van der Waals surface area contributed by atoms with E-state index in [0.29, 0.717) is 23.7 Å². The lowest BCUT2D eigenvalue weighted by atomic mass is 10.1. The first-order chi connectivity index (χ1) is 16.4. The van der Waals surface area contributed by atoms with Gasteiger partial charge in [-0.05, 0) is 61.1 Å². The maximum Gasteiger partial charge on any atom is 0.311 e. The summed E-state index contributed by atoms with van der Waals surface area (Å²) in [6.45, 7) is 2.35. The number of fused-ring (bicyclic) bond motifs is 1. The van der Waals surface area contributed by atoms with Crippen LogP contribution in [0.2, 0.25) is 0 Å². The summed E-state index contributed by atoms with van der Waals surface area (Å²) in [6, 6.07) is 15.1. The number of hydrogen-bond donors (Lipinski definition) is 2. The highest BCUT2D eigenvalue weighted by Crippen LogP contribution is 2.28. The molecule has 0 saturated carbocycles. The number of ether oxygens (including phenoxy) is 1. The van der Waals surface area contributed by atoms with Crippen molar-refractivity contribution in [2.45, 2.75) is 13.5 Å². The van der Waals surface area contributed by atoms with Crippen LogP contribution in [-0.4, -0.2) is 32.5 Å². The average Bonchev–Trinajstić information content (AvgIpc) is 3.27. The minimum atomic E-state index is -0.598. The number of nitro benzene ring substituents is 1. The largest absolute Gasteiger partial charge is 0.487 e. The SMILES string of the molecule is CCOc1ccc(C(=O)NC(=S)NCc2ccc(-c3nc4ncccc4o3)cc2)cc1[N+](=O)[O-]. The molecule has 1 amide bonds. The van der Waals surface area contributed by atoms with Gasteiger partial charge in [-0.25, -0.2) is 4.98 Å². The van der Waals surface area contributed by atoms with E-state index in [1.165, 1.54) is 12.1 Å². The van der Waals surface area contributed by atoms with Gasteiger partial charge in [0.25, 0.3) is 5.91 Å². The van der Waals surface area contributed by atoms with Gasteiger partial charge in [0, 0.05) is 29.9 Å². The Morgan fingerprint density at radius 3 is 2.71 bits per heavy atom. The molecule has 0 atom stereocenters. The zero-order chi connectivity index (χ0) is 24.1. The molecule has 0 fully saturated rings. The summed E-state index contributed by atoms with van der Waals surface area (Å²) < 4.78 is 10.9. The van der Waals surface area contributed by atoms with Crippen LogP contribution in [-0.2, 0) is 6.54 Å². The fourth-order valence-electron chi connectivity index (χ4n) is 3.14. The molecule has 0 bridgehead atoms. The van der Waals surface area contributed by atoms with Gasteiger partial charge in [-0.3, -0.25) is 20.2 Å². The highest BCUT2D eigenvalue weighted by atomic mass is 32.1. The smallest absolute Gasteiger partial charge is 0.311 e. The van der Waals surface area contributed by atoms with E-state index in [2.05, 4.69) is 20.6 Å². The van der Waals surface area contributed by atoms with Gasteiger partial charge in [0.2, 0.25) is 5.89 Å². The summed E-state index contributed by atoms with van der Waals surface area (Å²) in [5.74, 6) is 0.00585. The molecule has 34 heavy (non-hydrogen) atoms. The van der Waals surface area contributed by atoms with Crippen LogP contribution >= 0.6 is 12.2 Å². The Bertz CT molecular complexity index is 1340. The van der Waals surface area contributed by atoms with Gasteiger partial charge in [-0.15, -0.1) is 0 Å². The van der Waals surface area contributed by atoms with Crippen molar-refractivity contribution in [3.05, 3.63) is 82.0 Å². The third-order valence-corrected chi connectivity index (χ3v) is 5.01. The van der Waals surface area contributed by atoms with Crippen LogP contribution in [0.3, 0.4) is 0 Å². The number of nitro groups is 1. The number of benzene rings is 2. The van der Waals surface area contributed by atoms with Crippen molar-refractivity contribution >= 4 is 40.2 Å². The van der Waals surface area contributed by atoms with E-state index in [-0.39, 0.29) is 28.7 Å². The van der Waals surface area contributed by atoms with E-state index < -0.39 is 10.8 Å². The maximum atomic E-state index is 12.5. The minimum Gasteiger partial charge on any atom is -0.487 e. The molecule has 10 nitrogen and oxygen atoms in total. The van der Waals surface area contributed by atoms with Gasteiger partial charge in [0.15, 0.2) is 22.1 Å². The molecular formula is C23H19N5O5S. The number of pyridine rings is 1. The van der Waals surface area contributed by atoms with E-state index in [4.69, 9.17) is 21.4 Å². The lowest BCUT2D eigenvalue weighted by molar-refractivity contribution is -0.385.